The van der Waals surface area contributed by atoms with Crippen molar-refractivity contribution >= 4 is 46.4 Å². The third-order valence-corrected chi connectivity index (χ3v) is 5.59. The van der Waals surface area contributed by atoms with Gasteiger partial charge in [-0.2, -0.15) is 0 Å². The molecule has 3 nitrogen and oxygen atoms in total. The lowest BCUT2D eigenvalue weighted by molar-refractivity contribution is 0.0223. The Morgan fingerprint density at radius 3 is 2.52 bits per heavy atom. The van der Waals surface area contributed by atoms with Crippen molar-refractivity contribution in [2.45, 2.75) is 25.7 Å². The summed E-state index contributed by atoms with van der Waals surface area (Å²) in [6.07, 6.45) is 0. The molecule has 114 valence electrons. The fourth-order valence-electron chi connectivity index (χ4n) is 1.84. The van der Waals surface area contributed by atoms with E-state index in [0.29, 0.717) is 15.5 Å². The van der Waals surface area contributed by atoms with E-state index in [2.05, 4.69) is 40.6 Å². The zero-order chi connectivity index (χ0) is 15.5. The number of hydrogen-bond acceptors (Lipinski definition) is 3. The van der Waals surface area contributed by atoms with Crippen LogP contribution in [-0.4, -0.2) is 26.5 Å². The molecule has 1 aromatic heterocycles. The molecule has 0 N–H and O–H groups in total. The highest BCUT2D eigenvalue weighted by atomic mass is 79.9. The minimum Gasteiger partial charge on any atom is -0.464 e. The Hall–Kier alpha value is -0.623. The van der Waals surface area contributed by atoms with E-state index < -0.39 is 8.07 Å². The van der Waals surface area contributed by atoms with Crippen LogP contribution in [-0.2, 0) is 4.74 Å². The zero-order valence-corrected chi connectivity index (χ0v) is 15.8. The van der Waals surface area contributed by atoms with Crippen molar-refractivity contribution < 1.29 is 9.47 Å². The largest absolute Gasteiger partial charge is 0.464 e. The third-order valence-electron chi connectivity index (χ3n) is 3.06. The van der Waals surface area contributed by atoms with Crippen molar-refractivity contribution in [1.82, 2.24) is 4.98 Å². The maximum atomic E-state index is 6.14. The topological polar surface area (TPSA) is 31.4 Å². The van der Waals surface area contributed by atoms with Gasteiger partial charge in [-0.1, -0.05) is 55.5 Å². The van der Waals surface area contributed by atoms with Gasteiger partial charge in [-0.3, -0.25) is 0 Å². The maximum Gasteiger partial charge on any atom is 0.189 e. The Labute approximate surface area is 139 Å². The number of nitrogens with zero attached hydrogens (tertiary/aromatic N) is 1. The molecular formula is C15H19BrClNO2Si. The molecule has 0 aliphatic heterocycles. The predicted molar refractivity (Wildman–Crippen MR) is 94.1 cm³/mol. The molecule has 0 amide bonds. The van der Waals surface area contributed by atoms with Crippen LogP contribution in [0, 0.1) is 0 Å². The van der Waals surface area contributed by atoms with Crippen LogP contribution in [0.25, 0.3) is 10.8 Å². The Balaban J connectivity index is 2.05. The van der Waals surface area contributed by atoms with Crippen molar-refractivity contribution in [2.24, 2.45) is 0 Å². The minimum absolute atomic E-state index is 0.219. The number of ether oxygens (including phenoxy) is 2. The van der Waals surface area contributed by atoms with E-state index in [4.69, 9.17) is 21.1 Å². The van der Waals surface area contributed by atoms with Gasteiger partial charge >= 0.3 is 0 Å². The molecule has 0 saturated carbocycles. The van der Waals surface area contributed by atoms with E-state index in [1.807, 2.05) is 24.3 Å². The Kier molecular flexibility index (Phi) is 5.65. The molecule has 0 aliphatic carbocycles. The first kappa shape index (κ1) is 16.7. The average molecular weight is 389 g/mol. The van der Waals surface area contributed by atoms with E-state index in [1.165, 1.54) is 0 Å². The average Bonchev–Trinajstić information content (AvgIpc) is 2.40. The monoisotopic (exact) mass is 387 g/mol. The van der Waals surface area contributed by atoms with Crippen LogP contribution < -0.4 is 4.74 Å². The summed E-state index contributed by atoms with van der Waals surface area (Å²) in [5.41, 5.74) is 0. The van der Waals surface area contributed by atoms with Crippen LogP contribution in [0.4, 0.5) is 0 Å². The minimum atomic E-state index is -1.07. The molecule has 2 aromatic rings. The van der Waals surface area contributed by atoms with Gasteiger partial charge in [0.15, 0.2) is 17.1 Å². The maximum absolute atomic E-state index is 6.14. The second kappa shape index (κ2) is 7.09. The Bertz CT molecular complexity index is 631. The van der Waals surface area contributed by atoms with Crippen molar-refractivity contribution in [3.8, 4) is 5.75 Å². The number of hydrogen-bond donors (Lipinski definition) is 0. The van der Waals surface area contributed by atoms with Crippen molar-refractivity contribution in [2.75, 3.05) is 13.4 Å². The van der Waals surface area contributed by atoms with Crippen molar-refractivity contribution in [3.63, 3.8) is 0 Å². The van der Waals surface area contributed by atoms with E-state index in [0.717, 1.165) is 23.4 Å². The molecule has 0 spiro atoms. The summed E-state index contributed by atoms with van der Waals surface area (Å²) in [5.74, 6) is 0.669. The molecule has 0 atom stereocenters. The van der Waals surface area contributed by atoms with E-state index in [1.54, 1.807) is 0 Å². The number of benzene rings is 1. The molecule has 0 unspecified atom stereocenters. The van der Waals surface area contributed by atoms with Gasteiger partial charge in [-0.05, 0) is 22.0 Å². The molecule has 2 rings (SSSR count). The molecule has 1 aromatic carbocycles. The third kappa shape index (κ3) is 4.68. The second-order valence-corrected chi connectivity index (χ2v) is 12.8. The summed E-state index contributed by atoms with van der Waals surface area (Å²) in [4.78, 5) is 4.25. The first-order valence-electron chi connectivity index (χ1n) is 6.83. The second-order valence-electron chi connectivity index (χ2n) is 6.05. The standard InChI is InChI=1S/C15H19BrClNO2Si/c1-21(2,3)9-8-19-10-20-13-11-6-4-5-7-12(11)15(17)18-14(13)16/h4-7H,8-10H2,1-3H3. The quantitative estimate of drug-likeness (QED) is 0.289. The first-order chi connectivity index (χ1) is 9.88. The molecule has 0 aliphatic rings. The van der Waals surface area contributed by atoms with Crippen LogP contribution in [0.1, 0.15) is 0 Å². The van der Waals surface area contributed by atoms with E-state index in [-0.39, 0.29) is 6.79 Å². The summed E-state index contributed by atoms with van der Waals surface area (Å²) < 4.78 is 11.9. The summed E-state index contributed by atoms with van der Waals surface area (Å²) in [7, 11) is -1.07. The van der Waals surface area contributed by atoms with Gasteiger partial charge in [0, 0.05) is 25.5 Å². The van der Waals surface area contributed by atoms with Crippen LogP contribution in [0.3, 0.4) is 0 Å². The highest BCUT2D eigenvalue weighted by Crippen LogP contribution is 2.35. The van der Waals surface area contributed by atoms with Gasteiger partial charge in [0.1, 0.15) is 5.15 Å². The SMILES string of the molecule is C[Si](C)(C)CCOCOc1c(Br)nc(Cl)c2ccccc12. The van der Waals surface area contributed by atoms with E-state index in [9.17, 15) is 0 Å². The molecule has 0 fully saturated rings. The molecular weight excluding hydrogens is 370 g/mol. The van der Waals surface area contributed by atoms with Crippen molar-refractivity contribution in [1.29, 1.82) is 0 Å². The summed E-state index contributed by atoms with van der Waals surface area (Å²) in [6.45, 7) is 7.92. The number of pyridine rings is 1. The van der Waals surface area contributed by atoms with Crippen LogP contribution in [0.15, 0.2) is 28.9 Å². The zero-order valence-electron chi connectivity index (χ0n) is 12.5. The van der Waals surface area contributed by atoms with Crippen LogP contribution >= 0.6 is 27.5 Å². The molecule has 0 bridgehead atoms. The Morgan fingerprint density at radius 2 is 1.86 bits per heavy atom. The number of halogens is 2. The lowest BCUT2D eigenvalue weighted by Crippen LogP contribution is -2.22. The fourth-order valence-corrected chi connectivity index (χ4v) is 3.46. The highest BCUT2D eigenvalue weighted by Gasteiger charge is 2.14. The lowest BCUT2D eigenvalue weighted by Gasteiger charge is -2.16. The molecule has 0 saturated heterocycles. The van der Waals surface area contributed by atoms with Crippen LogP contribution in [0.5, 0.6) is 5.75 Å². The Morgan fingerprint density at radius 1 is 1.19 bits per heavy atom. The van der Waals surface area contributed by atoms with E-state index >= 15 is 0 Å². The molecule has 1 heterocycles. The molecule has 21 heavy (non-hydrogen) atoms. The molecule has 0 radical (unpaired) electrons. The van der Waals surface area contributed by atoms with Gasteiger partial charge in [0.25, 0.3) is 0 Å². The number of aromatic nitrogens is 1. The summed E-state index contributed by atoms with van der Waals surface area (Å²) in [6, 6.07) is 8.89. The normalized spacial score (nSPS) is 11.9. The van der Waals surface area contributed by atoms with Gasteiger partial charge in [0.2, 0.25) is 0 Å². The smallest absolute Gasteiger partial charge is 0.189 e. The molecule has 6 heteroatoms. The summed E-state index contributed by atoms with van der Waals surface area (Å²) >= 11 is 9.54. The van der Waals surface area contributed by atoms with Gasteiger partial charge in [-0.15, -0.1) is 0 Å². The number of rotatable bonds is 6. The van der Waals surface area contributed by atoms with Crippen molar-refractivity contribution in [3.05, 3.63) is 34.0 Å². The lowest BCUT2D eigenvalue weighted by atomic mass is 10.2. The highest BCUT2D eigenvalue weighted by molar-refractivity contribution is 9.10. The predicted octanol–water partition coefficient (Wildman–Crippen LogP) is 5.34. The summed E-state index contributed by atoms with van der Waals surface area (Å²) in [5, 5.41) is 2.27. The van der Waals surface area contributed by atoms with Gasteiger partial charge in [-0.25, -0.2) is 4.98 Å². The van der Waals surface area contributed by atoms with Gasteiger partial charge in [0.05, 0.1) is 0 Å². The fraction of sp³-hybridized carbons (Fsp3) is 0.400. The first-order valence-corrected chi connectivity index (χ1v) is 11.7. The van der Waals surface area contributed by atoms with Gasteiger partial charge < -0.3 is 9.47 Å². The number of fused-ring (bicyclic) bond motifs is 1. The van der Waals surface area contributed by atoms with Crippen LogP contribution in [0.2, 0.25) is 30.8 Å².